The van der Waals surface area contributed by atoms with Crippen LogP contribution in [0.25, 0.3) is 0 Å². The molecule has 0 spiro atoms. The molecule has 1 aliphatic heterocycles. The lowest BCUT2D eigenvalue weighted by atomic mass is 10.1. The molecule has 1 N–H and O–H groups in total. The van der Waals surface area contributed by atoms with Crippen molar-refractivity contribution >= 4 is 11.8 Å². The number of aliphatic hydroxyl groups excluding tert-OH is 1. The number of likely N-dealkylation sites (tertiary alicyclic amines) is 1. The SMILES string of the molecule is CC(=O)N1CCC[C@H]1C(=O)N(C)CC(O)C1CC1. The molecule has 0 aromatic carbocycles. The van der Waals surface area contributed by atoms with Gasteiger partial charge in [0.25, 0.3) is 0 Å². The van der Waals surface area contributed by atoms with E-state index in [1.807, 2.05) is 0 Å². The predicted octanol–water partition coefficient (Wildman–Crippen LogP) is 0.227. The van der Waals surface area contributed by atoms with E-state index in [4.69, 9.17) is 0 Å². The Hall–Kier alpha value is -1.10. The Kier molecular flexibility index (Phi) is 3.90. The minimum atomic E-state index is -0.411. The third-order valence-corrected chi connectivity index (χ3v) is 3.95. The number of carbonyl (C=O) groups is 2. The Bertz CT molecular complexity index is 341. The fourth-order valence-electron chi connectivity index (χ4n) is 2.66. The van der Waals surface area contributed by atoms with E-state index < -0.39 is 6.10 Å². The molecule has 0 aromatic rings. The third kappa shape index (κ3) is 2.83. The highest BCUT2D eigenvalue weighted by Gasteiger charge is 2.36. The number of rotatable bonds is 4. The van der Waals surface area contributed by atoms with E-state index in [1.54, 1.807) is 16.8 Å². The summed E-state index contributed by atoms with van der Waals surface area (Å²) >= 11 is 0. The number of nitrogens with zero attached hydrogens (tertiary/aromatic N) is 2. The molecule has 0 aromatic heterocycles. The molecule has 5 nitrogen and oxygen atoms in total. The van der Waals surface area contributed by atoms with E-state index in [2.05, 4.69) is 0 Å². The molecule has 2 atom stereocenters. The van der Waals surface area contributed by atoms with Crippen LogP contribution in [-0.2, 0) is 9.59 Å². The number of carbonyl (C=O) groups excluding carboxylic acids is 2. The van der Waals surface area contributed by atoms with Gasteiger partial charge < -0.3 is 14.9 Å². The summed E-state index contributed by atoms with van der Waals surface area (Å²) in [6.07, 6.45) is 3.33. The summed E-state index contributed by atoms with van der Waals surface area (Å²) in [5, 5.41) is 9.85. The normalized spacial score (nSPS) is 25.1. The zero-order valence-corrected chi connectivity index (χ0v) is 11.1. The summed E-state index contributed by atoms with van der Waals surface area (Å²) in [6.45, 7) is 2.56. The molecule has 18 heavy (non-hydrogen) atoms. The van der Waals surface area contributed by atoms with E-state index in [0.717, 1.165) is 25.7 Å². The molecule has 1 saturated heterocycles. The molecule has 0 radical (unpaired) electrons. The topological polar surface area (TPSA) is 60.9 Å². The van der Waals surface area contributed by atoms with Crippen LogP contribution in [0.15, 0.2) is 0 Å². The lowest BCUT2D eigenvalue weighted by molar-refractivity contribution is -0.142. The Morgan fingerprint density at radius 1 is 1.39 bits per heavy atom. The first-order valence-corrected chi connectivity index (χ1v) is 6.71. The molecular weight excluding hydrogens is 232 g/mol. The summed E-state index contributed by atoms with van der Waals surface area (Å²) in [4.78, 5) is 26.9. The summed E-state index contributed by atoms with van der Waals surface area (Å²) in [6, 6.07) is -0.320. The van der Waals surface area contributed by atoms with Gasteiger partial charge in [-0.1, -0.05) is 0 Å². The summed E-state index contributed by atoms with van der Waals surface area (Å²) in [7, 11) is 1.71. The van der Waals surface area contributed by atoms with Crippen LogP contribution in [0.4, 0.5) is 0 Å². The van der Waals surface area contributed by atoms with Crippen molar-refractivity contribution in [1.29, 1.82) is 0 Å². The van der Waals surface area contributed by atoms with E-state index in [1.165, 1.54) is 6.92 Å². The Labute approximate surface area is 108 Å². The number of hydrogen-bond donors (Lipinski definition) is 1. The van der Waals surface area contributed by atoms with Crippen LogP contribution in [0.2, 0.25) is 0 Å². The minimum absolute atomic E-state index is 0.0394. The molecule has 2 amide bonds. The number of aliphatic hydroxyl groups is 1. The molecule has 1 unspecified atom stereocenters. The first-order valence-electron chi connectivity index (χ1n) is 6.71. The second-order valence-electron chi connectivity index (χ2n) is 5.49. The van der Waals surface area contributed by atoms with Crippen molar-refractivity contribution in [3.8, 4) is 0 Å². The van der Waals surface area contributed by atoms with Gasteiger partial charge in [-0.15, -0.1) is 0 Å². The van der Waals surface area contributed by atoms with Crippen LogP contribution in [0, 0.1) is 5.92 Å². The molecule has 2 fully saturated rings. The van der Waals surface area contributed by atoms with E-state index >= 15 is 0 Å². The Morgan fingerprint density at radius 2 is 2.06 bits per heavy atom. The largest absolute Gasteiger partial charge is 0.391 e. The number of hydrogen-bond acceptors (Lipinski definition) is 3. The number of amides is 2. The highest BCUT2D eigenvalue weighted by Crippen LogP contribution is 2.33. The van der Waals surface area contributed by atoms with Crippen LogP contribution in [0.3, 0.4) is 0 Å². The molecule has 2 rings (SSSR count). The monoisotopic (exact) mass is 254 g/mol. The van der Waals surface area contributed by atoms with Gasteiger partial charge in [0.05, 0.1) is 6.10 Å². The fourth-order valence-corrected chi connectivity index (χ4v) is 2.66. The highest BCUT2D eigenvalue weighted by molar-refractivity contribution is 5.87. The fraction of sp³-hybridized carbons (Fsp3) is 0.846. The van der Waals surface area contributed by atoms with Crippen molar-refractivity contribution in [2.75, 3.05) is 20.1 Å². The predicted molar refractivity (Wildman–Crippen MR) is 66.8 cm³/mol. The molecule has 102 valence electrons. The lowest BCUT2D eigenvalue weighted by Crippen LogP contribution is -2.47. The zero-order chi connectivity index (χ0) is 13.3. The molecule has 2 aliphatic rings. The second kappa shape index (κ2) is 5.26. The quantitative estimate of drug-likeness (QED) is 0.781. The molecule has 1 saturated carbocycles. The van der Waals surface area contributed by atoms with Gasteiger partial charge in [0.15, 0.2) is 0 Å². The average molecular weight is 254 g/mol. The molecule has 0 bridgehead atoms. The summed E-state index contributed by atoms with van der Waals surface area (Å²) in [5.74, 6) is 0.289. The van der Waals surface area contributed by atoms with Crippen molar-refractivity contribution in [1.82, 2.24) is 9.80 Å². The first kappa shape index (κ1) is 13.3. The van der Waals surface area contributed by atoms with Gasteiger partial charge in [0, 0.05) is 27.1 Å². The maximum Gasteiger partial charge on any atom is 0.245 e. The third-order valence-electron chi connectivity index (χ3n) is 3.95. The Balaban J connectivity index is 1.90. The average Bonchev–Trinajstić information content (AvgIpc) is 3.05. The smallest absolute Gasteiger partial charge is 0.245 e. The Morgan fingerprint density at radius 3 is 2.61 bits per heavy atom. The highest BCUT2D eigenvalue weighted by atomic mass is 16.3. The van der Waals surface area contributed by atoms with Crippen LogP contribution in [0.1, 0.15) is 32.6 Å². The summed E-state index contributed by atoms with van der Waals surface area (Å²) in [5.41, 5.74) is 0. The standard InChI is InChI=1S/C13H22N2O3/c1-9(16)15-7-3-4-11(15)13(18)14(2)8-12(17)10-5-6-10/h10-12,17H,3-8H2,1-2H3/t11-,12?/m0/s1. The lowest BCUT2D eigenvalue weighted by Gasteiger charge is -2.28. The van der Waals surface area contributed by atoms with Crippen molar-refractivity contribution in [2.24, 2.45) is 5.92 Å². The van der Waals surface area contributed by atoms with Crippen molar-refractivity contribution in [3.63, 3.8) is 0 Å². The van der Waals surface area contributed by atoms with Crippen LogP contribution in [0.5, 0.6) is 0 Å². The molecule has 5 heteroatoms. The van der Waals surface area contributed by atoms with Crippen LogP contribution >= 0.6 is 0 Å². The molecule has 1 aliphatic carbocycles. The van der Waals surface area contributed by atoms with Crippen LogP contribution < -0.4 is 0 Å². The van der Waals surface area contributed by atoms with Crippen molar-refractivity contribution in [3.05, 3.63) is 0 Å². The van der Waals surface area contributed by atoms with E-state index in [9.17, 15) is 14.7 Å². The molecule has 1 heterocycles. The van der Waals surface area contributed by atoms with Gasteiger partial charge in [-0.3, -0.25) is 9.59 Å². The van der Waals surface area contributed by atoms with Crippen molar-refractivity contribution < 1.29 is 14.7 Å². The van der Waals surface area contributed by atoms with Gasteiger partial charge in [0.1, 0.15) is 6.04 Å². The molecular formula is C13H22N2O3. The maximum absolute atomic E-state index is 12.3. The van der Waals surface area contributed by atoms with Gasteiger partial charge in [-0.25, -0.2) is 0 Å². The second-order valence-corrected chi connectivity index (χ2v) is 5.49. The van der Waals surface area contributed by atoms with Gasteiger partial charge >= 0.3 is 0 Å². The number of likely N-dealkylation sites (N-methyl/N-ethyl adjacent to an activating group) is 1. The van der Waals surface area contributed by atoms with E-state index in [-0.39, 0.29) is 17.9 Å². The van der Waals surface area contributed by atoms with Crippen molar-refractivity contribution in [2.45, 2.75) is 44.8 Å². The maximum atomic E-state index is 12.3. The minimum Gasteiger partial charge on any atom is -0.391 e. The van der Waals surface area contributed by atoms with Gasteiger partial charge in [-0.2, -0.15) is 0 Å². The zero-order valence-electron chi connectivity index (χ0n) is 11.1. The van der Waals surface area contributed by atoms with Gasteiger partial charge in [0.2, 0.25) is 11.8 Å². The van der Waals surface area contributed by atoms with Gasteiger partial charge in [-0.05, 0) is 31.6 Å². The van der Waals surface area contributed by atoms with Crippen LogP contribution in [-0.4, -0.2) is 59.0 Å². The van der Waals surface area contributed by atoms with E-state index in [0.29, 0.717) is 19.0 Å². The summed E-state index contributed by atoms with van der Waals surface area (Å²) < 4.78 is 0. The first-order chi connectivity index (χ1) is 8.50.